The Hall–Kier alpha value is -1.65. The SMILES string of the molecule is CC(C)(C)OC(=O)N1CCc2nc(C(C)(C)C)ncc2C1. The van der Waals surface area contributed by atoms with E-state index in [1.807, 2.05) is 27.0 Å². The van der Waals surface area contributed by atoms with Crippen molar-refractivity contribution >= 4 is 6.09 Å². The van der Waals surface area contributed by atoms with Crippen molar-refractivity contribution in [3.8, 4) is 0 Å². The molecule has 2 heterocycles. The number of ether oxygens (including phenoxy) is 1. The molecule has 0 bridgehead atoms. The van der Waals surface area contributed by atoms with Gasteiger partial charge in [-0.2, -0.15) is 0 Å². The minimum Gasteiger partial charge on any atom is -0.444 e. The van der Waals surface area contributed by atoms with Crippen molar-refractivity contribution in [1.82, 2.24) is 14.9 Å². The summed E-state index contributed by atoms with van der Waals surface area (Å²) in [6.45, 7) is 13.1. The lowest BCUT2D eigenvalue weighted by Crippen LogP contribution is -2.40. The summed E-state index contributed by atoms with van der Waals surface area (Å²) in [5, 5.41) is 0. The molecule has 116 valence electrons. The van der Waals surface area contributed by atoms with Crippen molar-refractivity contribution < 1.29 is 9.53 Å². The number of rotatable bonds is 0. The largest absolute Gasteiger partial charge is 0.444 e. The van der Waals surface area contributed by atoms with Gasteiger partial charge in [0.05, 0.1) is 12.2 Å². The predicted molar refractivity (Wildman–Crippen MR) is 81.1 cm³/mol. The molecule has 1 aromatic heterocycles. The zero-order valence-electron chi connectivity index (χ0n) is 13.9. The molecule has 1 aromatic rings. The predicted octanol–water partition coefficient (Wildman–Crippen LogP) is 3.07. The van der Waals surface area contributed by atoms with Crippen LogP contribution in [-0.2, 0) is 23.1 Å². The van der Waals surface area contributed by atoms with Gasteiger partial charge in [-0.25, -0.2) is 14.8 Å². The smallest absolute Gasteiger partial charge is 0.410 e. The number of aromatic nitrogens is 2. The number of fused-ring (bicyclic) bond motifs is 1. The monoisotopic (exact) mass is 291 g/mol. The van der Waals surface area contributed by atoms with E-state index >= 15 is 0 Å². The molecule has 5 nitrogen and oxygen atoms in total. The maximum atomic E-state index is 12.1. The standard InChI is InChI=1S/C16H25N3O2/c1-15(2,3)13-17-9-11-10-19(8-7-12(11)18-13)14(20)21-16(4,5)6/h9H,7-8,10H2,1-6H3. The third kappa shape index (κ3) is 3.93. The van der Waals surface area contributed by atoms with Crippen molar-refractivity contribution in [2.75, 3.05) is 6.54 Å². The summed E-state index contributed by atoms with van der Waals surface area (Å²) < 4.78 is 5.42. The number of nitrogens with zero attached hydrogens (tertiary/aromatic N) is 3. The molecule has 0 fully saturated rings. The van der Waals surface area contributed by atoms with Crippen LogP contribution in [0.3, 0.4) is 0 Å². The highest BCUT2D eigenvalue weighted by Gasteiger charge is 2.27. The van der Waals surface area contributed by atoms with Gasteiger partial charge in [-0.05, 0) is 20.8 Å². The van der Waals surface area contributed by atoms with E-state index in [1.165, 1.54) is 0 Å². The third-order valence-corrected chi connectivity index (χ3v) is 3.26. The average Bonchev–Trinajstić information content (AvgIpc) is 2.34. The van der Waals surface area contributed by atoms with Crippen LogP contribution in [0.15, 0.2) is 6.20 Å². The summed E-state index contributed by atoms with van der Waals surface area (Å²) in [6, 6.07) is 0. The van der Waals surface area contributed by atoms with E-state index in [1.54, 1.807) is 4.90 Å². The first-order valence-corrected chi connectivity index (χ1v) is 7.39. The van der Waals surface area contributed by atoms with Crippen LogP contribution in [0, 0.1) is 0 Å². The van der Waals surface area contributed by atoms with Crippen molar-refractivity contribution in [1.29, 1.82) is 0 Å². The van der Waals surface area contributed by atoms with E-state index in [4.69, 9.17) is 4.74 Å². The first-order valence-electron chi connectivity index (χ1n) is 7.39. The van der Waals surface area contributed by atoms with Gasteiger partial charge in [0.2, 0.25) is 0 Å². The summed E-state index contributed by atoms with van der Waals surface area (Å²) in [5.41, 5.74) is 1.54. The Balaban J connectivity index is 2.13. The van der Waals surface area contributed by atoms with Gasteiger partial charge in [-0.15, -0.1) is 0 Å². The Kier molecular flexibility index (Phi) is 3.95. The Morgan fingerprint density at radius 2 is 1.90 bits per heavy atom. The summed E-state index contributed by atoms with van der Waals surface area (Å²) >= 11 is 0. The summed E-state index contributed by atoms with van der Waals surface area (Å²) in [6.07, 6.45) is 2.33. The van der Waals surface area contributed by atoms with Gasteiger partial charge in [0.25, 0.3) is 0 Å². The maximum absolute atomic E-state index is 12.1. The molecule has 0 radical (unpaired) electrons. The van der Waals surface area contributed by atoms with Gasteiger partial charge in [0, 0.05) is 30.1 Å². The highest BCUT2D eigenvalue weighted by atomic mass is 16.6. The second kappa shape index (κ2) is 5.28. The van der Waals surface area contributed by atoms with E-state index in [9.17, 15) is 4.79 Å². The second-order valence-corrected chi connectivity index (χ2v) is 7.57. The summed E-state index contributed by atoms with van der Waals surface area (Å²) in [5.74, 6) is 0.854. The lowest BCUT2D eigenvalue weighted by atomic mass is 9.95. The van der Waals surface area contributed by atoms with Crippen molar-refractivity contribution in [2.45, 2.75) is 65.5 Å². The Labute approximate surface area is 126 Å². The molecule has 0 N–H and O–H groups in total. The molecule has 0 saturated heterocycles. The Bertz CT molecular complexity index is 541. The molecule has 0 atom stereocenters. The molecule has 0 unspecified atom stereocenters. The topological polar surface area (TPSA) is 55.3 Å². The molecule has 5 heteroatoms. The molecule has 0 aliphatic carbocycles. The van der Waals surface area contributed by atoms with Gasteiger partial charge in [0.15, 0.2) is 0 Å². The van der Waals surface area contributed by atoms with Gasteiger partial charge >= 0.3 is 6.09 Å². The van der Waals surface area contributed by atoms with Crippen LogP contribution in [0.25, 0.3) is 0 Å². The molecule has 21 heavy (non-hydrogen) atoms. The highest BCUT2D eigenvalue weighted by Crippen LogP contribution is 2.23. The molecular formula is C16H25N3O2. The quantitative estimate of drug-likeness (QED) is 0.737. The summed E-state index contributed by atoms with van der Waals surface area (Å²) in [4.78, 5) is 22.9. The molecule has 2 rings (SSSR count). The van der Waals surface area contributed by atoms with Gasteiger partial charge in [-0.3, -0.25) is 0 Å². The van der Waals surface area contributed by atoms with Crippen LogP contribution >= 0.6 is 0 Å². The zero-order valence-corrected chi connectivity index (χ0v) is 13.9. The minimum absolute atomic E-state index is 0.0582. The van der Waals surface area contributed by atoms with E-state index in [0.717, 1.165) is 23.5 Å². The molecular weight excluding hydrogens is 266 g/mol. The molecule has 1 aliphatic heterocycles. The first kappa shape index (κ1) is 15.7. The van der Waals surface area contributed by atoms with Crippen LogP contribution < -0.4 is 0 Å². The number of amides is 1. The molecule has 1 aliphatic rings. The zero-order chi connectivity index (χ0) is 15.8. The summed E-state index contributed by atoms with van der Waals surface area (Å²) in [7, 11) is 0. The molecule has 1 amide bonds. The van der Waals surface area contributed by atoms with E-state index in [2.05, 4.69) is 30.7 Å². The highest BCUT2D eigenvalue weighted by molar-refractivity contribution is 5.68. The number of hydrogen-bond acceptors (Lipinski definition) is 4. The van der Waals surface area contributed by atoms with Crippen molar-refractivity contribution in [2.24, 2.45) is 0 Å². The maximum Gasteiger partial charge on any atom is 0.410 e. The van der Waals surface area contributed by atoms with Gasteiger partial charge in [0.1, 0.15) is 11.4 Å². The van der Waals surface area contributed by atoms with Crippen LogP contribution in [-0.4, -0.2) is 33.1 Å². The van der Waals surface area contributed by atoms with Crippen LogP contribution in [0.2, 0.25) is 0 Å². The van der Waals surface area contributed by atoms with Gasteiger partial charge in [-0.1, -0.05) is 20.8 Å². The van der Waals surface area contributed by atoms with Gasteiger partial charge < -0.3 is 9.64 Å². The van der Waals surface area contributed by atoms with Crippen LogP contribution in [0.5, 0.6) is 0 Å². The molecule has 0 spiro atoms. The van der Waals surface area contributed by atoms with E-state index in [-0.39, 0.29) is 11.5 Å². The molecule has 0 saturated carbocycles. The molecule has 0 aromatic carbocycles. The third-order valence-electron chi connectivity index (χ3n) is 3.26. The lowest BCUT2D eigenvalue weighted by molar-refractivity contribution is 0.0222. The van der Waals surface area contributed by atoms with Crippen LogP contribution in [0.4, 0.5) is 4.79 Å². The average molecular weight is 291 g/mol. The lowest BCUT2D eigenvalue weighted by Gasteiger charge is -2.31. The normalized spacial score (nSPS) is 15.6. The van der Waals surface area contributed by atoms with E-state index in [0.29, 0.717) is 13.1 Å². The van der Waals surface area contributed by atoms with Crippen molar-refractivity contribution in [3.05, 3.63) is 23.3 Å². The number of carbonyl (C=O) groups is 1. The van der Waals surface area contributed by atoms with Crippen LogP contribution in [0.1, 0.15) is 58.6 Å². The number of hydrogen-bond donors (Lipinski definition) is 0. The fourth-order valence-corrected chi connectivity index (χ4v) is 2.16. The number of carbonyl (C=O) groups excluding carboxylic acids is 1. The fraction of sp³-hybridized carbons (Fsp3) is 0.688. The Morgan fingerprint density at radius 3 is 2.48 bits per heavy atom. The first-order chi connectivity index (χ1) is 9.56. The second-order valence-electron chi connectivity index (χ2n) is 7.57. The fourth-order valence-electron chi connectivity index (χ4n) is 2.16. The minimum atomic E-state index is -0.468. The van der Waals surface area contributed by atoms with E-state index < -0.39 is 5.60 Å². The Morgan fingerprint density at radius 1 is 1.24 bits per heavy atom. The van der Waals surface area contributed by atoms with Crippen molar-refractivity contribution in [3.63, 3.8) is 0 Å².